The van der Waals surface area contributed by atoms with Crippen LogP contribution in [0.1, 0.15) is 34.3 Å². The predicted octanol–water partition coefficient (Wildman–Crippen LogP) is 4.20. The van der Waals surface area contributed by atoms with Crippen LogP contribution in [-0.2, 0) is 9.53 Å². The molecule has 0 spiro atoms. The number of terminal acetylenes is 1. The molecule has 2 aromatic rings. The molecule has 1 heterocycles. The van der Waals surface area contributed by atoms with Crippen LogP contribution in [0.25, 0.3) is 5.70 Å². The Labute approximate surface area is 182 Å². The van der Waals surface area contributed by atoms with Crippen molar-refractivity contribution in [2.24, 2.45) is 0 Å². The van der Waals surface area contributed by atoms with Gasteiger partial charge in [-0.1, -0.05) is 36.3 Å². The van der Waals surface area contributed by atoms with Gasteiger partial charge in [-0.15, -0.1) is 6.42 Å². The third kappa shape index (κ3) is 3.12. The van der Waals surface area contributed by atoms with Crippen LogP contribution in [-0.4, -0.2) is 25.5 Å². The van der Waals surface area contributed by atoms with Crippen molar-refractivity contribution in [2.75, 3.05) is 13.7 Å². The fourth-order valence-electron chi connectivity index (χ4n) is 3.98. The van der Waals surface area contributed by atoms with Crippen LogP contribution < -0.4 is 10.1 Å². The summed E-state index contributed by atoms with van der Waals surface area (Å²) < 4.78 is 11.3. The standard InChI is InChI=1S/C24H18BrNO4/c1-4-11-30-18-10-9-14(12-17(18)25)20-19(24(28)29-3)13(2)26-22-15-7-5-6-8-16(15)23(27)21(20)22/h1,5-10,12,20,26H,11H2,2-3H3/t20-/m1/s1. The van der Waals surface area contributed by atoms with Crippen molar-refractivity contribution in [1.29, 1.82) is 0 Å². The molecule has 4 rings (SSSR count). The van der Waals surface area contributed by atoms with Crippen LogP contribution in [0.3, 0.4) is 0 Å². The first kappa shape index (κ1) is 20.0. The number of hydrogen-bond donors (Lipinski definition) is 1. The highest BCUT2D eigenvalue weighted by Crippen LogP contribution is 2.47. The quantitative estimate of drug-likeness (QED) is 0.543. The number of hydrogen-bond acceptors (Lipinski definition) is 5. The van der Waals surface area contributed by atoms with Crippen LogP contribution >= 0.6 is 15.9 Å². The smallest absolute Gasteiger partial charge is 0.336 e. The van der Waals surface area contributed by atoms with E-state index in [1.807, 2.05) is 37.3 Å². The molecule has 0 bridgehead atoms. The van der Waals surface area contributed by atoms with E-state index in [2.05, 4.69) is 27.2 Å². The summed E-state index contributed by atoms with van der Waals surface area (Å²) in [5.41, 5.74) is 4.54. The van der Waals surface area contributed by atoms with E-state index in [1.165, 1.54) is 7.11 Å². The van der Waals surface area contributed by atoms with Crippen molar-refractivity contribution in [3.8, 4) is 18.1 Å². The van der Waals surface area contributed by atoms with E-state index >= 15 is 0 Å². The molecule has 150 valence electrons. The Bertz CT molecular complexity index is 1190. The van der Waals surface area contributed by atoms with Crippen molar-refractivity contribution in [3.63, 3.8) is 0 Å². The summed E-state index contributed by atoms with van der Waals surface area (Å²) in [6.07, 6.45) is 5.27. The molecule has 2 aliphatic rings. The van der Waals surface area contributed by atoms with Crippen LogP contribution in [0.5, 0.6) is 5.75 Å². The zero-order valence-electron chi connectivity index (χ0n) is 16.4. The molecule has 1 aliphatic heterocycles. The van der Waals surface area contributed by atoms with E-state index in [1.54, 1.807) is 12.1 Å². The van der Waals surface area contributed by atoms with E-state index < -0.39 is 11.9 Å². The Morgan fingerprint density at radius 2 is 1.97 bits per heavy atom. The number of fused-ring (bicyclic) bond motifs is 2. The average molecular weight is 464 g/mol. The van der Waals surface area contributed by atoms with E-state index in [0.717, 1.165) is 16.8 Å². The number of allylic oxidation sites excluding steroid dienone is 2. The molecule has 6 heteroatoms. The summed E-state index contributed by atoms with van der Waals surface area (Å²) in [7, 11) is 1.33. The fraction of sp³-hybridized carbons (Fsp3) is 0.167. The summed E-state index contributed by atoms with van der Waals surface area (Å²) in [6, 6.07) is 12.9. The van der Waals surface area contributed by atoms with Gasteiger partial charge in [0.15, 0.2) is 5.78 Å². The first-order chi connectivity index (χ1) is 14.5. The fourth-order valence-corrected chi connectivity index (χ4v) is 4.49. The minimum Gasteiger partial charge on any atom is -0.480 e. The molecule has 0 fully saturated rings. The number of nitrogens with one attached hydrogen (secondary N) is 1. The van der Waals surface area contributed by atoms with E-state index in [9.17, 15) is 9.59 Å². The molecule has 0 unspecified atom stereocenters. The maximum Gasteiger partial charge on any atom is 0.336 e. The highest BCUT2D eigenvalue weighted by molar-refractivity contribution is 9.10. The molecule has 0 aromatic heterocycles. The predicted molar refractivity (Wildman–Crippen MR) is 117 cm³/mol. The van der Waals surface area contributed by atoms with Gasteiger partial charge in [-0.3, -0.25) is 4.79 Å². The van der Waals surface area contributed by atoms with Gasteiger partial charge in [-0.25, -0.2) is 4.79 Å². The van der Waals surface area contributed by atoms with Crippen molar-refractivity contribution in [3.05, 3.63) is 80.5 Å². The Morgan fingerprint density at radius 1 is 1.23 bits per heavy atom. The molecule has 0 amide bonds. The SMILES string of the molecule is C#CCOc1ccc([C@@H]2C(C(=O)OC)=C(C)NC3=C2C(=O)c2ccccc23)cc1Br. The molecule has 1 aliphatic carbocycles. The maximum absolute atomic E-state index is 13.3. The Kier molecular flexibility index (Phi) is 5.23. The number of Topliss-reactive ketones (excluding diaryl/α,β-unsaturated/α-hetero) is 1. The second kappa shape index (κ2) is 7.85. The summed E-state index contributed by atoms with van der Waals surface area (Å²) in [5, 5.41) is 3.26. The van der Waals surface area contributed by atoms with E-state index in [-0.39, 0.29) is 12.4 Å². The number of rotatable bonds is 4. The number of ether oxygens (including phenoxy) is 2. The van der Waals surface area contributed by atoms with Gasteiger partial charge in [0.2, 0.25) is 0 Å². The van der Waals surface area contributed by atoms with Crippen molar-refractivity contribution < 1.29 is 19.1 Å². The summed E-state index contributed by atoms with van der Waals surface area (Å²) in [5.74, 6) is 1.85. The third-order valence-electron chi connectivity index (χ3n) is 5.25. The van der Waals surface area contributed by atoms with Gasteiger partial charge < -0.3 is 14.8 Å². The van der Waals surface area contributed by atoms with Crippen LogP contribution in [0.2, 0.25) is 0 Å². The highest BCUT2D eigenvalue weighted by Gasteiger charge is 2.42. The zero-order chi connectivity index (χ0) is 21.4. The molecule has 0 saturated carbocycles. The lowest BCUT2D eigenvalue weighted by Gasteiger charge is -2.29. The van der Waals surface area contributed by atoms with Crippen molar-refractivity contribution in [1.82, 2.24) is 5.32 Å². The Hall–Kier alpha value is -3.30. The lowest BCUT2D eigenvalue weighted by atomic mass is 9.80. The zero-order valence-corrected chi connectivity index (χ0v) is 18.0. The normalized spacial score (nSPS) is 17.1. The summed E-state index contributed by atoms with van der Waals surface area (Å²) >= 11 is 3.51. The number of halogens is 1. The van der Waals surface area contributed by atoms with Crippen LogP contribution in [0, 0.1) is 12.3 Å². The second-order valence-corrected chi connectivity index (χ2v) is 7.79. The molecule has 1 atom stereocenters. The highest BCUT2D eigenvalue weighted by atomic mass is 79.9. The monoisotopic (exact) mass is 463 g/mol. The molecule has 5 nitrogen and oxygen atoms in total. The molecule has 0 saturated heterocycles. The topological polar surface area (TPSA) is 64.6 Å². The van der Waals surface area contributed by atoms with Crippen LogP contribution in [0.4, 0.5) is 0 Å². The number of methoxy groups -OCH3 is 1. The molecule has 30 heavy (non-hydrogen) atoms. The first-order valence-corrected chi connectivity index (χ1v) is 10.1. The second-order valence-electron chi connectivity index (χ2n) is 6.93. The van der Waals surface area contributed by atoms with Gasteiger partial charge >= 0.3 is 5.97 Å². The van der Waals surface area contributed by atoms with E-state index in [0.29, 0.717) is 32.6 Å². The Balaban J connectivity index is 1.89. The number of benzene rings is 2. The molecule has 2 aromatic carbocycles. The number of esters is 1. The molecule has 1 N–H and O–H groups in total. The summed E-state index contributed by atoms with van der Waals surface area (Å²) in [4.78, 5) is 26.0. The van der Waals surface area contributed by atoms with Gasteiger partial charge in [-0.05, 0) is 40.5 Å². The van der Waals surface area contributed by atoms with Gasteiger partial charge in [0.05, 0.1) is 22.9 Å². The van der Waals surface area contributed by atoms with Gasteiger partial charge in [0.25, 0.3) is 0 Å². The maximum atomic E-state index is 13.3. The largest absolute Gasteiger partial charge is 0.480 e. The number of ketones is 1. The Morgan fingerprint density at radius 3 is 2.63 bits per heavy atom. The number of dihydropyridines is 1. The van der Waals surface area contributed by atoms with Crippen LogP contribution in [0.15, 0.2) is 63.8 Å². The van der Waals surface area contributed by atoms with Gasteiger partial charge in [-0.2, -0.15) is 0 Å². The lowest BCUT2D eigenvalue weighted by molar-refractivity contribution is -0.136. The number of carbonyl (C=O) groups is 2. The minimum atomic E-state index is -0.577. The molecule has 0 radical (unpaired) electrons. The van der Waals surface area contributed by atoms with Crippen molar-refractivity contribution in [2.45, 2.75) is 12.8 Å². The van der Waals surface area contributed by atoms with Crippen molar-refractivity contribution >= 4 is 33.4 Å². The first-order valence-electron chi connectivity index (χ1n) is 9.28. The van der Waals surface area contributed by atoms with E-state index in [4.69, 9.17) is 15.9 Å². The lowest BCUT2D eigenvalue weighted by Crippen LogP contribution is -2.29. The van der Waals surface area contributed by atoms with Gasteiger partial charge in [0.1, 0.15) is 12.4 Å². The third-order valence-corrected chi connectivity index (χ3v) is 5.87. The van der Waals surface area contributed by atoms with Gasteiger partial charge in [0, 0.05) is 28.3 Å². The minimum absolute atomic E-state index is 0.101. The molecular weight excluding hydrogens is 446 g/mol. The average Bonchev–Trinajstić information content (AvgIpc) is 3.03. The summed E-state index contributed by atoms with van der Waals surface area (Å²) in [6.45, 7) is 1.95. The molecular formula is C24H18BrNO4. The number of carbonyl (C=O) groups excluding carboxylic acids is 2.